The number of carbonyl (C=O) groups excluding carboxylic acids is 1. The van der Waals surface area contributed by atoms with Gasteiger partial charge in [-0.2, -0.15) is 0 Å². The minimum atomic E-state index is -1.60. The van der Waals surface area contributed by atoms with Crippen LogP contribution in [0.25, 0.3) is 0 Å². The van der Waals surface area contributed by atoms with Crippen LogP contribution in [0.5, 0.6) is 0 Å². The Morgan fingerprint density at radius 1 is 1.16 bits per heavy atom. The number of carboxylic acid groups (broad SMARTS) is 1. The van der Waals surface area contributed by atoms with E-state index in [2.05, 4.69) is 0 Å². The summed E-state index contributed by atoms with van der Waals surface area (Å²) < 4.78 is 59.8. The number of halogens is 4. The van der Waals surface area contributed by atoms with E-state index < -0.39 is 71.4 Å². The number of carboxylic acids is 1. The highest BCUT2D eigenvalue weighted by atomic mass is 19.2. The van der Waals surface area contributed by atoms with Gasteiger partial charge in [-0.3, -0.25) is 4.90 Å². The highest BCUT2D eigenvalue weighted by molar-refractivity contribution is 5.81. The van der Waals surface area contributed by atoms with Crippen LogP contribution < -0.4 is 0 Å². The maximum Gasteiger partial charge on any atom is 0.411 e. The van der Waals surface area contributed by atoms with Crippen LogP contribution in [0.1, 0.15) is 38.7 Å². The Labute approximate surface area is 141 Å². The third-order valence-corrected chi connectivity index (χ3v) is 3.77. The van der Waals surface area contributed by atoms with Crippen molar-refractivity contribution in [1.29, 1.82) is 0 Å². The highest BCUT2D eigenvalue weighted by Crippen LogP contribution is 2.37. The maximum atomic E-state index is 14.0. The molecule has 2 atom stereocenters. The number of rotatable bonds is 2. The molecule has 1 unspecified atom stereocenters. The Bertz CT molecular complexity index is 691. The SMILES string of the molecule is CC(C)(C)OC(=O)N1C[C@H](c2c(F)c(F)cc(F)c2F)CC1C(=O)O. The first kappa shape index (κ1) is 19.0. The van der Waals surface area contributed by atoms with Gasteiger partial charge in [0.1, 0.15) is 11.6 Å². The van der Waals surface area contributed by atoms with Crippen molar-refractivity contribution in [3.63, 3.8) is 0 Å². The molecular weight excluding hydrogens is 346 g/mol. The lowest BCUT2D eigenvalue weighted by Crippen LogP contribution is -2.43. The van der Waals surface area contributed by atoms with Crippen molar-refractivity contribution in [3.05, 3.63) is 34.9 Å². The second-order valence-corrected chi connectivity index (χ2v) is 6.80. The van der Waals surface area contributed by atoms with Gasteiger partial charge >= 0.3 is 12.1 Å². The van der Waals surface area contributed by atoms with E-state index in [4.69, 9.17) is 4.74 Å². The predicted octanol–water partition coefficient (Wildman–Crippen LogP) is 3.42. The summed E-state index contributed by atoms with van der Waals surface area (Å²) in [6.07, 6.45) is -1.38. The summed E-state index contributed by atoms with van der Waals surface area (Å²) in [5.41, 5.74) is -1.82. The van der Waals surface area contributed by atoms with Crippen LogP contribution in [0.2, 0.25) is 0 Å². The van der Waals surface area contributed by atoms with Gasteiger partial charge in [-0.15, -0.1) is 0 Å². The summed E-state index contributed by atoms with van der Waals surface area (Å²) in [6.45, 7) is 4.25. The maximum absolute atomic E-state index is 14.0. The van der Waals surface area contributed by atoms with Gasteiger partial charge in [-0.05, 0) is 27.2 Å². The molecular formula is C16H17F4NO4. The van der Waals surface area contributed by atoms with Gasteiger partial charge in [0.05, 0.1) is 0 Å². The van der Waals surface area contributed by atoms with Gasteiger partial charge in [0.25, 0.3) is 0 Å². The number of aliphatic carboxylic acids is 1. The topological polar surface area (TPSA) is 66.8 Å². The van der Waals surface area contributed by atoms with Crippen molar-refractivity contribution in [3.8, 4) is 0 Å². The second-order valence-electron chi connectivity index (χ2n) is 6.80. The van der Waals surface area contributed by atoms with E-state index >= 15 is 0 Å². The summed E-state index contributed by atoms with van der Waals surface area (Å²) >= 11 is 0. The summed E-state index contributed by atoms with van der Waals surface area (Å²) in [7, 11) is 0. The van der Waals surface area contributed by atoms with Crippen molar-refractivity contribution >= 4 is 12.1 Å². The molecule has 1 heterocycles. The molecule has 0 bridgehead atoms. The lowest BCUT2D eigenvalue weighted by molar-refractivity contribution is -0.142. The van der Waals surface area contributed by atoms with Crippen LogP contribution in [0, 0.1) is 23.3 Å². The molecule has 1 aromatic rings. The van der Waals surface area contributed by atoms with Gasteiger partial charge in [0.15, 0.2) is 23.3 Å². The third kappa shape index (κ3) is 3.85. The molecule has 0 aliphatic carbocycles. The van der Waals surface area contributed by atoms with Crippen LogP contribution in [-0.4, -0.2) is 40.3 Å². The Morgan fingerprint density at radius 2 is 1.68 bits per heavy atom. The van der Waals surface area contributed by atoms with Crippen molar-refractivity contribution in [2.75, 3.05) is 6.54 Å². The molecule has 2 rings (SSSR count). The monoisotopic (exact) mass is 363 g/mol. The third-order valence-electron chi connectivity index (χ3n) is 3.77. The molecule has 138 valence electrons. The smallest absolute Gasteiger partial charge is 0.411 e. The van der Waals surface area contributed by atoms with Gasteiger partial charge in [-0.25, -0.2) is 27.2 Å². The normalized spacial score (nSPS) is 20.7. The van der Waals surface area contributed by atoms with Gasteiger partial charge in [0, 0.05) is 24.1 Å². The van der Waals surface area contributed by atoms with Crippen molar-refractivity contribution in [1.82, 2.24) is 4.90 Å². The van der Waals surface area contributed by atoms with Gasteiger partial charge < -0.3 is 9.84 Å². The van der Waals surface area contributed by atoms with Crippen LogP contribution >= 0.6 is 0 Å². The predicted molar refractivity (Wildman–Crippen MR) is 78.0 cm³/mol. The quantitative estimate of drug-likeness (QED) is 0.646. The molecule has 0 spiro atoms. The Kier molecular flexibility index (Phi) is 4.97. The van der Waals surface area contributed by atoms with Crippen molar-refractivity contribution in [2.45, 2.75) is 44.8 Å². The molecule has 5 nitrogen and oxygen atoms in total. The molecule has 1 amide bonds. The number of hydrogen-bond donors (Lipinski definition) is 1. The summed E-state index contributed by atoms with van der Waals surface area (Å²) in [5.74, 6) is -9.00. The number of nitrogens with zero attached hydrogens (tertiary/aromatic N) is 1. The molecule has 9 heteroatoms. The zero-order valence-corrected chi connectivity index (χ0v) is 13.8. The molecule has 25 heavy (non-hydrogen) atoms. The Hall–Kier alpha value is -2.32. The van der Waals surface area contributed by atoms with Crippen LogP contribution in [-0.2, 0) is 9.53 Å². The number of carbonyl (C=O) groups is 2. The van der Waals surface area contributed by atoms with Crippen molar-refractivity contribution < 1.29 is 37.0 Å². The molecule has 0 aromatic heterocycles. The van der Waals surface area contributed by atoms with Gasteiger partial charge in [-0.1, -0.05) is 0 Å². The van der Waals surface area contributed by atoms with E-state index in [0.717, 1.165) is 4.90 Å². The fourth-order valence-electron chi connectivity index (χ4n) is 2.75. The number of amides is 1. The first-order valence-electron chi connectivity index (χ1n) is 7.47. The molecule has 1 fully saturated rings. The van der Waals surface area contributed by atoms with Crippen LogP contribution in [0.15, 0.2) is 6.07 Å². The lowest BCUT2D eigenvalue weighted by Gasteiger charge is -2.26. The summed E-state index contributed by atoms with van der Waals surface area (Å²) in [4.78, 5) is 24.3. The van der Waals surface area contributed by atoms with Gasteiger partial charge in [0.2, 0.25) is 0 Å². The van der Waals surface area contributed by atoms with E-state index in [0.29, 0.717) is 0 Å². The zero-order chi connectivity index (χ0) is 19.1. The average Bonchev–Trinajstić information content (AvgIpc) is 2.89. The van der Waals surface area contributed by atoms with Crippen LogP contribution in [0.4, 0.5) is 22.4 Å². The van der Waals surface area contributed by atoms with E-state index in [1.165, 1.54) is 0 Å². The Morgan fingerprint density at radius 3 is 2.12 bits per heavy atom. The fourth-order valence-corrected chi connectivity index (χ4v) is 2.75. The molecule has 1 aromatic carbocycles. The molecule has 1 saturated heterocycles. The van der Waals surface area contributed by atoms with E-state index in [-0.39, 0.29) is 6.07 Å². The average molecular weight is 363 g/mol. The number of ether oxygens (including phenoxy) is 1. The first-order valence-corrected chi connectivity index (χ1v) is 7.47. The highest BCUT2D eigenvalue weighted by Gasteiger charge is 2.44. The Balaban J connectivity index is 2.38. The lowest BCUT2D eigenvalue weighted by atomic mass is 9.95. The minimum absolute atomic E-state index is 0.0728. The van der Waals surface area contributed by atoms with Crippen molar-refractivity contribution in [2.24, 2.45) is 0 Å². The van der Waals surface area contributed by atoms with E-state index in [1.807, 2.05) is 0 Å². The number of benzene rings is 1. The molecule has 1 aliphatic heterocycles. The minimum Gasteiger partial charge on any atom is -0.480 e. The fraction of sp³-hybridized carbons (Fsp3) is 0.500. The summed E-state index contributed by atoms with van der Waals surface area (Å²) in [6, 6.07) is -1.35. The number of likely N-dealkylation sites (tertiary alicyclic amines) is 1. The number of hydrogen-bond acceptors (Lipinski definition) is 3. The zero-order valence-electron chi connectivity index (χ0n) is 13.8. The largest absolute Gasteiger partial charge is 0.480 e. The molecule has 0 radical (unpaired) electrons. The molecule has 0 saturated carbocycles. The van der Waals surface area contributed by atoms with E-state index in [1.54, 1.807) is 20.8 Å². The second kappa shape index (κ2) is 6.53. The molecule has 1 N–H and O–H groups in total. The molecule has 1 aliphatic rings. The van der Waals surface area contributed by atoms with Crippen LogP contribution in [0.3, 0.4) is 0 Å². The van der Waals surface area contributed by atoms with E-state index in [9.17, 15) is 32.3 Å². The summed E-state index contributed by atoms with van der Waals surface area (Å²) in [5, 5.41) is 9.26. The first-order chi connectivity index (χ1) is 11.4. The standard InChI is InChI=1S/C16H17F4NO4/c1-16(2,3)25-15(24)21-6-7(4-10(21)14(22)23)11-12(19)8(17)5-9(18)13(11)20/h5,7,10H,4,6H2,1-3H3,(H,22,23)/t7-,10?/m1/s1.